The van der Waals surface area contributed by atoms with Gasteiger partial charge in [-0.3, -0.25) is 9.48 Å². The molecule has 5 rings (SSSR count). The van der Waals surface area contributed by atoms with Crippen LogP contribution in [0.2, 0.25) is 28.2 Å². The maximum absolute atomic E-state index is 14.0. The number of aromatic nitrogens is 2. The molecule has 3 aromatic rings. The Labute approximate surface area is 243 Å². The minimum atomic E-state index is -2.03. The predicted molar refractivity (Wildman–Crippen MR) is 162 cm³/mol. The average Bonchev–Trinajstić information content (AvgIpc) is 3.60. The summed E-state index contributed by atoms with van der Waals surface area (Å²) in [6, 6.07) is 12.1. The van der Waals surface area contributed by atoms with E-state index in [-0.39, 0.29) is 29.4 Å². The van der Waals surface area contributed by atoms with Crippen molar-refractivity contribution in [2.75, 3.05) is 6.61 Å². The fraction of sp³-hybridized carbons (Fsp3) is 0.484. The number of amides is 1. The lowest BCUT2D eigenvalue weighted by Gasteiger charge is -2.45. The summed E-state index contributed by atoms with van der Waals surface area (Å²) in [7, 11) is -2.03. The molecule has 1 amide bonds. The number of rotatable bonds is 7. The zero-order valence-electron chi connectivity index (χ0n) is 23.8. The van der Waals surface area contributed by atoms with Crippen LogP contribution in [0, 0.1) is 0 Å². The second-order valence-electron chi connectivity index (χ2n) is 12.6. The molecule has 1 aliphatic carbocycles. The van der Waals surface area contributed by atoms with Crippen molar-refractivity contribution in [3.8, 4) is 11.1 Å². The van der Waals surface area contributed by atoms with Crippen LogP contribution in [-0.4, -0.2) is 41.6 Å². The van der Waals surface area contributed by atoms with E-state index in [2.05, 4.69) is 75.0 Å². The molecule has 5 nitrogen and oxygen atoms in total. The highest BCUT2D eigenvalue weighted by Crippen LogP contribution is 2.42. The first kappa shape index (κ1) is 28.4. The van der Waals surface area contributed by atoms with Gasteiger partial charge in [-0.15, -0.1) is 0 Å². The Bertz CT molecular complexity index is 1360. The van der Waals surface area contributed by atoms with Crippen molar-refractivity contribution in [1.82, 2.24) is 14.7 Å². The molecular weight excluding hydrogens is 545 g/mol. The summed E-state index contributed by atoms with van der Waals surface area (Å²) < 4.78 is 8.84. The van der Waals surface area contributed by atoms with Gasteiger partial charge in [0.15, 0.2) is 8.32 Å². The first-order chi connectivity index (χ1) is 18.4. The van der Waals surface area contributed by atoms with E-state index >= 15 is 0 Å². The van der Waals surface area contributed by atoms with Gasteiger partial charge in [0, 0.05) is 21.8 Å². The van der Waals surface area contributed by atoms with Gasteiger partial charge in [0.05, 0.1) is 37.4 Å². The molecule has 208 valence electrons. The Kier molecular flexibility index (Phi) is 7.79. The molecule has 2 aromatic carbocycles. The lowest BCUT2D eigenvalue weighted by Crippen LogP contribution is -2.52. The van der Waals surface area contributed by atoms with E-state index in [1.54, 1.807) is 18.2 Å². The van der Waals surface area contributed by atoms with Crippen LogP contribution in [0.5, 0.6) is 0 Å². The summed E-state index contributed by atoms with van der Waals surface area (Å²) >= 11 is 12.9. The Morgan fingerprint density at radius 1 is 1.10 bits per heavy atom. The van der Waals surface area contributed by atoms with Crippen LogP contribution in [0.4, 0.5) is 0 Å². The molecule has 2 atom stereocenters. The largest absolute Gasteiger partial charge is 0.415 e. The topological polar surface area (TPSA) is 47.4 Å². The van der Waals surface area contributed by atoms with Gasteiger partial charge in [0.2, 0.25) is 5.91 Å². The number of nitrogens with zero attached hydrogens (tertiary/aromatic N) is 3. The minimum absolute atomic E-state index is 0.0129. The van der Waals surface area contributed by atoms with Crippen molar-refractivity contribution < 1.29 is 9.22 Å². The van der Waals surface area contributed by atoms with Crippen LogP contribution >= 0.6 is 23.2 Å². The second-order valence-corrected chi connectivity index (χ2v) is 18.2. The second kappa shape index (κ2) is 10.7. The van der Waals surface area contributed by atoms with E-state index in [1.807, 2.05) is 11.1 Å². The van der Waals surface area contributed by atoms with Crippen molar-refractivity contribution in [2.45, 2.75) is 89.6 Å². The summed E-state index contributed by atoms with van der Waals surface area (Å²) in [6.45, 7) is 13.9. The zero-order valence-corrected chi connectivity index (χ0v) is 26.3. The number of benzene rings is 2. The Hall–Kier alpha value is -2.12. The molecule has 1 aromatic heterocycles. The smallest absolute Gasteiger partial charge is 0.227 e. The van der Waals surface area contributed by atoms with Crippen LogP contribution in [-0.2, 0) is 22.1 Å². The molecule has 0 spiro atoms. The van der Waals surface area contributed by atoms with Crippen LogP contribution in [0.15, 0.2) is 48.8 Å². The number of hydrogen-bond donors (Lipinski definition) is 0. The van der Waals surface area contributed by atoms with Gasteiger partial charge in [0.25, 0.3) is 0 Å². The number of halogens is 2. The highest BCUT2D eigenvalue weighted by atomic mass is 35.5. The maximum Gasteiger partial charge on any atom is 0.227 e. The van der Waals surface area contributed by atoms with Crippen molar-refractivity contribution >= 4 is 37.4 Å². The number of fused-ring (bicyclic) bond motifs is 1. The van der Waals surface area contributed by atoms with E-state index in [4.69, 9.17) is 27.6 Å². The van der Waals surface area contributed by atoms with Crippen LogP contribution in [0.1, 0.15) is 69.3 Å². The lowest BCUT2D eigenvalue weighted by molar-refractivity contribution is -0.137. The third-order valence-corrected chi connectivity index (χ3v) is 14.1. The molecule has 0 N–H and O–H groups in total. The van der Waals surface area contributed by atoms with Crippen molar-refractivity contribution in [3.63, 3.8) is 0 Å². The molecular formula is C31H39Cl2N3O2Si. The van der Waals surface area contributed by atoms with Gasteiger partial charge in [0.1, 0.15) is 0 Å². The third-order valence-electron chi connectivity index (χ3n) is 8.87. The molecule has 0 bridgehead atoms. The molecule has 1 aliphatic heterocycles. The molecule has 1 fully saturated rings. The average molecular weight is 585 g/mol. The standard InChI is InChI=1S/C31H39Cl2N3O2Si/c1-20-24-9-7-10-25(21-17-34-35(18-21)22-13-14-22)26(24)15-23(19-38-39(5,6)31(2,3)4)36(20)30(37)16-27-28(32)11-8-12-29(27)33/h7-12,17-18,20,22-23H,13-16,19H2,1-6H3/t20-,23+/m0/s1. The van der Waals surface area contributed by atoms with Gasteiger partial charge >= 0.3 is 0 Å². The van der Waals surface area contributed by atoms with Crippen LogP contribution < -0.4 is 0 Å². The van der Waals surface area contributed by atoms with Crippen LogP contribution in [0.25, 0.3) is 11.1 Å². The quantitative estimate of drug-likeness (QED) is 0.263. The SMILES string of the molecule is C[C@H]1c2cccc(-c3cnn(C4CC4)c3)c2C[C@H](CO[Si](C)(C)C(C)(C)C)N1C(=O)Cc1c(Cl)cccc1Cl. The number of carbonyl (C=O) groups is 1. The summed E-state index contributed by atoms with van der Waals surface area (Å²) in [5.41, 5.74) is 5.47. The maximum atomic E-state index is 14.0. The van der Waals surface area contributed by atoms with E-state index in [0.717, 1.165) is 12.0 Å². The third kappa shape index (κ3) is 5.72. The van der Waals surface area contributed by atoms with Gasteiger partial charge in [-0.2, -0.15) is 5.10 Å². The van der Waals surface area contributed by atoms with E-state index < -0.39 is 8.32 Å². The predicted octanol–water partition coefficient (Wildman–Crippen LogP) is 8.27. The summed E-state index contributed by atoms with van der Waals surface area (Å²) in [4.78, 5) is 16.0. The molecule has 1 saturated carbocycles. The van der Waals surface area contributed by atoms with Gasteiger partial charge in [-0.1, -0.05) is 68.2 Å². The molecule has 2 aliphatic rings. The Balaban J connectivity index is 1.51. The first-order valence-corrected chi connectivity index (χ1v) is 17.6. The van der Waals surface area contributed by atoms with Crippen molar-refractivity contribution in [1.29, 1.82) is 0 Å². The molecule has 0 saturated heterocycles. The highest BCUT2D eigenvalue weighted by Gasteiger charge is 2.41. The number of hydrogen-bond acceptors (Lipinski definition) is 3. The fourth-order valence-electron chi connectivity index (χ4n) is 5.33. The summed E-state index contributed by atoms with van der Waals surface area (Å²) in [6.07, 6.45) is 7.44. The Morgan fingerprint density at radius 2 is 1.77 bits per heavy atom. The number of carbonyl (C=O) groups excluding carboxylic acids is 1. The van der Waals surface area contributed by atoms with Gasteiger partial charge in [-0.05, 0) is 78.7 Å². The van der Waals surface area contributed by atoms with E-state index in [0.29, 0.717) is 28.3 Å². The van der Waals surface area contributed by atoms with Gasteiger partial charge in [-0.25, -0.2) is 0 Å². The van der Waals surface area contributed by atoms with Crippen molar-refractivity contribution in [2.24, 2.45) is 0 Å². The minimum Gasteiger partial charge on any atom is -0.415 e. The molecule has 2 heterocycles. The lowest BCUT2D eigenvalue weighted by atomic mass is 9.84. The summed E-state index contributed by atoms with van der Waals surface area (Å²) in [5, 5.41) is 5.77. The molecule has 8 heteroatoms. The van der Waals surface area contributed by atoms with Crippen LogP contribution in [0.3, 0.4) is 0 Å². The summed E-state index contributed by atoms with van der Waals surface area (Å²) in [5.74, 6) is 0.0129. The Morgan fingerprint density at radius 3 is 2.41 bits per heavy atom. The molecule has 39 heavy (non-hydrogen) atoms. The first-order valence-electron chi connectivity index (χ1n) is 13.9. The van der Waals surface area contributed by atoms with E-state index in [1.165, 1.54) is 29.5 Å². The zero-order chi connectivity index (χ0) is 28.1. The molecule has 0 unspecified atom stereocenters. The molecule has 0 radical (unpaired) electrons. The fourth-order valence-corrected chi connectivity index (χ4v) is 6.91. The van der Waals surface area contributed by atoms with Crippen molar-refractivity contribution in [3.05, 3.63) is 75.5 Å². The highest BCUT2D eigenvalue weighted by molar-refractivity contribution is 6.74. The normalized spacial score (nSPS) is 19.7. The van der Waals surface area contributed by atoms with Gasteiger partial charge < -0.3 is 9.33 Å². The van der Waals surface area contributed by atoms with E-state index in [9.17, 15) is 4.79 Å². The monoisotopic (exact) mass is 583 g/mol.